The monoisotopic (exact) mass is 393 g/mol. The fraction of sp³-hybridized carbons (Fsp3) is 0.217. The molecule has 0 N–H and O–H groups in total. The summed E-state index contributed by atoms with van der Waals surface area (Å²) in [4.78, 5) is 16.9. The average molecular weight is 394 g/mol. The van der Waals surface area contributed by atoms with Crippen LogP contribution in [0, 0.1) is 0 Å². The Morgan fingerprint density at radius 2 is 1.71 bits per heavy atom. The van der Waals surface area contributed by atoms with Crippen molar-refractivity contribution in [3.8, 4) is 5.75 Å². The van der Waals surface area contributed by atoms with Crippen LogP contribution in [0.2, 0.25) is 5.02 Å². The van der Waals surface area contributed by atoms with Crippen LogP contribution in [0.1, 0.15) is 29.7 Å². The first-order valence-corrected chi connectivity index (χ1v) is 9.58. The quantitative estimate of drug-likeness (QED) is 0.524. The Labute approximate surface area is 169 Å². The molecule has 1 aliphatic rings. The van der Waals surface area contributed by atoms with E-state index in [0.717, 1.165) is 35.4 Å². The van der Waals surface area contributed by atoms with Gasteiger partial charge in [0.25, 0.3) is 0 Å². The van der Waals surface area contributed by atoms with E-state index in [1.165, 1.54) is 0 Å². The van der Waals surface area contributed by atoms with E-state index in [0.29, 0.717) is 11.6 Å². The van der Waals surface area contributed by atoms with Gasteiger partial charge in [0.2, 0.25) is 0 Å². The molecular weight excluding hydrogens is 374 g/mol. The van der Waals surface area contributed by atoms with Crippen LogP contribution in [0.4, 0.5) is 0 Å². The zero-order valence-corrected chi connectivity index (χ0v) is 16.1. The zero-order valence-electron chi connectivity index (χ0n) is 15.3. The molecule has 0 aliphatic heterocycles. The topological polar surface area (TPSA) is 48.4 Å². The maximum atomic E-state index is 12.6. The van der Waals surface area contributed by atoms with E-state index in [1.807, 2.05) is 66.7 Å². The molecule has 4 rings (SSSR count). The lowest BCUT2D eigenvalue weighted by molar-refractivity contribution is -0.148. The minimum absolute atomic E-state index is 0.176. The molecule has 0 atom stereocenters. The lowest BCUT2D eigenvalue weighted by Crippen LogP contribution is -2.23. The van der Waals surface area contributed by atoms with Gasteiger partial charge in [0.05, 0.1) is 11.1 Å². The summed E-state index contributed by atoms with van der Waals surface area (Å²) in [5.74, 6) is 0.575. The van der Waals surface area contributed by atoms with Gasteiger partial charge in [-0.15, -0.1) is 0 Å². The van der Waals surface area contributed by atoms with Gasteiger partial charge in [0, 0.05) is 11.2 Å². The van der Waals surface area contributed by atoms with Crippen molar-refractivity contribution < 1.29 is 14.3 Å². The summed E-state index contributed by atoms with van der Waals surface area (Å²) in [7, 11) is 0. The van der Waals surface area contributed by atoms with E-state index in [1.54, 1.807) is 6.20 Å². The number of pyridine rings is 1. The van der Waals surface area contributed by atoms with Gasteiger partial charge in [-0.2, -0.15) is 0 Å². The molecule has 2 aromatic carbocycles. The number of benzene rings is 2. The third kappa shape index (κ3) is 4.18. The molecule has 28 heavy (non-hydrogen) atoms. The standard InChI is InChI=1S/C23H20ClNO3/c24-19-8-6-18(7-9-19)23(12-13-23)22(26)28-15-17-4-10-21(11-5-17)27-16-20-3-1-2-14-25-20/h1-11,14H,12-13,15-16H2. The van der Waals surface area contributed by atoms with Crippen LogP contribution >= 0.6 is 11.6 Å². The van der Waals surface area contributed by atoms with E-state index in [9.17, 15) is 4.79 Å². The second-order valence-electron chi connectivity index (χ2n) is 6.92. The maximum Gasteiger partial charge on any atom is 0.316 e. The van der Waals surface area contributed by atoms with Crippen molar-refractivity contribution in [1.82, 2.24) is 4.98 Å². The summed E-state index contributed by atoms with van der Waals surface area (Å²) in [6, 6.07) is 20.7. The van der Waals surface area contributed by atoms with Gasteiger partial charge < -0.3 is 9.47 Å². The van der Waals surface area contributed by atoms with Crippen LogP contribution in [0.5, 0.6) is 5.75 Å². The number of nitrogens with zero attached hydrogens (tertiary/aromatic N) is 1. The van der Waals surface area contributed by atoms with Gasteiger partial charge in [0.15, 0.2) is 0 Å². The molecule has 1 aliphatic carbocycles. The minimum Gasteiger partial charge on any atom is -0.487 e. The fourth-order valence-corrected chi connectivity index (χ4v) is 3.24. The van der Waals surface area contributed by atoms with Crippen molar-refractivity contribution in [3.63, 3.8) is 0 Å². The Bertz CT molecular complexity index is 936. The summed E-state index contributed by atoms with van der Waals surface area (Å²) in [5.41, 5.74) is 2.26. The number of halogens is 1. The second kappa shape index (κ2) is 8.03. The van der Waals surface area contributed by atoms with Crippen molar-refractivity contribution >= 4 is 17.6 Å². The SMILES string of the molecule is O=C(OCc1ccc(OCc2ccccn2)cc1)C1(c2ccc(Cl)cc2)CC1. The van der Waals surface area contributed by atoms with Crippen molar-refractivity contribution in [2.24, 2.45) is 0 Å². The third-order valence-electron chi connectivity index (χ3n) is 4.94. The molecular formula is C23H20ClNO3. The van der Waals surface area contributed by atoms with Crippen LogP contribution in [-0.4, -0.2) is 11.0 Å². The van der Waals surface area contributed by atoms with Gasteiger partial charge in [-0.1, -0.05) is 41.9 Å². The molecule has 5 heteroatoms. The molecule has 3 aromatic rings. The van der Waals surface area contributed by atoms with Gasteiger partial charge in [-0.25, -0.2) is 0 Å². The molecule has 142 valence electrons. The lowest BCUT2D eigenvalue weighted by Gasteiger charge is -2.15. The van der Waals surface area contributed by atoms with E-state index < -0.39 is 5.41 Å². The number of ether oxygens (including phenoxy) is 2. The first kappa shape index (κ1) is 18.5. The van der Waals surface area contributed by atoms with E-state index >= 15 is 0 Å². The van der Waals surface area contributed by atoms with Crippen LogP contribution < -0.4 is 4.74 Å². The largest absolute Gasteiger partial charge is 0.487 e. The lowest BCUT2D eigenvalue weighted by atomic mass is 9.96. The first-order chi connectivity index (χ1) is 13.7. The predicted molar refractivity (Wildman–Crippen MR) is 107 cm³/mol. The fourth-order valence-electron chi connectivity index (χ4n) is 3.11. The Kier molecular flexibility index (Phi) is 5.31. The van der Waals surface area contributed by atoms with Gasteiger partial charge in [0.1, 0.15) is 19.0 Å². The van der Waals surface area contributed by atoms with Gasteiger partial charge in [-0.05, 0) is 60.4 Å². The molecule has 0 saturated heterocycles. The summed E-state index contributed by atoms with van der Waals surface area (Å²) in [5, 5.41) is 0.665. The van der Waals surface area contributed by atoms with Crippen molar-refractivity contribution in [2.45, 2.75) is 31.5 Å². The van der Waals surface area contributed by atoms with Crippen LogP contribution in [0.25, 0.3) is 0 Å². The van der Waals surface area contributed by atoms with Crippen molar-refractivity contribution in [3.05, 3.63) is 94.8 Å². The Morgan fingerprint density at radius 1 is 0.964 bits per heavy atom. The third-order valence-corrected chi connectivity index (χ3v) is 5.20. The normalized spacial score (nSPS) is 14.3. The van der Waals surface area contributed by atoms with Crippen LogP contribution in [0.3, 0.4) is 0 Å². The maximum absolute atomic E-state index is 12.6. The Balaban J connectivity index is 1.31. The summed E-state index contributed by atoms with van der Waals surface area (Å²) in [6.07, 6.45) is 3.37. The molecule has 1 heterocycles. The van der Waals surface area contributed by atoms with Crippen LogP contribution in [0.15, 0.2) is 72.9 Å². The molecule has 0 radical (unpaired) electrons. The summed E-state index contributed by atoms with van der Waals surface area (Å²) >= 11 is 5.94. The molecule has 0 bridgehead atoms. The highest BCUT2D eigenvalue weighted by molar-refractivity contribution is 6.30. The second-order valence-corrected chi connectivity index (χ2v) is 7.36. The summed E-state index contributed by atoms with van der Waals surface area (Å²) in [6.45, 7) is 0.660. The van der Waals surface area contributed by atoms with Crippen LogP contribution in [-0.2, 0) is 28.2 Å². The molecule has 0 amide bonds. The number of aromatic nitrogens is 1. The Morgan fingerprint density at radius 3 is 2.36 bits per heavy atom. The number of hydrogen-bond donors (Lipinski definition) is 0. The average Bonchev–Trinajstić information content (AvgIpc) is 3.55. The number of carbonyl (C=O) groups is 1. The van der Waals surface area contributed by atoms with Crippen molar-refractivity contribution in [2.75, 3.05) is 0 Å². The first-order valence-electron chi connectivity index (χ1n) is 9.21. The zero-order chi connectivity index (χ0) is 19.4. The molecule has 0 unspecified atom stereocenters. The predicted octanol–water partition coefficient (Wildman–Crippen LogP) is 5.09. The number of hydrogen-bond acceptors (Lipinski definition) is 4. The smallest absolute Gasteiger partial charge is 0.316 e. The highest BCUT2D eigenvalue weighted by atomic mass is 35.5. The minimum atomic E-state index is -0.504. The number of esters is 1. The highest BCUT2D eigenvalue weighted by Gasteiger charge is 2.52. The molecule has 4 nitrogen and oxygen atoms in total. The molecule has 1 fully saturated rings. The van der Waals surface area contributed by atoms with E-state index in [-0.39, 0.29) is 12.6 Å². The molecule has 1 aromatic heterocycles. The van der Waals surface area contributed by atoms with E-state index in [4.69, 9.17) is 21.1 Å². The van der Waals surface area contributed by atoms with Gasteiger partial charge >= 0.3 is 5.97 Å². The van der Waals surface area contributed by atoms with Gasteiger partial charge in [-0.3, -0.25) is 9.78 Å². The molecule has 0 spiro atoms. The Hall–Kier alpha value is -2.85. The van der Waals surface area contributed by atoms with E-state index in [2.05, 4.69) is 4.98 Å². The summed E-state index contributed by atoms with van der Waals surface area (Å²) < 4.78 is 11.3. The number of rotatable bonds is 7. The highest BCUT2D eigenvalue weighted by Crippen LogP contribution is 2.49. The number of carbonyl (C=O) groups excluding carboxylic acids is 1. The molecule has 1 saturated carbocycles. The van der Waals surface area contributed by atoms with Crippen molar-refractivity contribution in [1.29, 1.82) is 0 Å².